The summed E-state index contributed by atoms with van der Waals surface area (Å²) in [5.74, 6) is -6.78. The number of hydrogen-bond acceptors (Lipinski definition) is 10. The van der Waals surface area contributed by atoms with Crippen molar-refractivity contribution in [1.29, 1.82) is 0 Å². The molecule has 59 heavy (non-hydrogen) atoms. The van der Waals surface area contributed by atoms with Crippen LogP contribution in [0.15, 0.2) is 30.3 Å². The van der Waals surface area contributed by atoms with Crippen LogP contribution in [0, 0.1) is 29.1 Å². The van der Waals surface area contributed by atoms with E-state index in [4.69, 9.17) is 20.1 Å². The number of carbonyl (C=O) groups is 7. The molecule has 10 atom stereocenters. The predicted molar refractivity (Wildman–Crippen MR) is 215 cm³/mol. The molecule has 3 saturated carbocycles. The van der Waals surface area contributed by atoms with E-state index < -0.39 is 109 Å². The highest BCUT2D eigenvalue weighted by molar-refractivity contribution is 6.47. The summed E-state index contributed by atoms with van der Waals surface area (Å²) in [5, 5.41) is 29.1. The molecule has 5 aliphatic rings. The van der Waals surface area contributed by atoms with E-state index in [9.17, 15) is 38.7 Å². The molecule has 2 saturated heterocycles. The molecule has 3 aliphatic carbocycles. The summed E-state index contributed by atoms with van der Waals surface area (Å²) >= 11 is 0. The van der Waals surface area contributed by atoms with Gasteiger partial charge in [-0.05, 0) is 73.7 Å². The number of hydrogen-bond donors (Lipinski definition) is 7. The summed E-state index contributed by atoms with van der Waals surface area (Å²) in [5.41, 5.74) is 6.08. The number of nitrogens with zero attached hydrogens (tertiary/aromatic N) is 1. The molecule has 17 nitrogen and oxygen atoms in total. The second-order valence-corrected chi connectivity index (χ2v) is 18.1. The summed E-state index contributed by atoms with van der Waals surface area (Å²) in [4.78, 5) is 92.5. The maximum absolute atomic E-state index is 14.3. The van der Waals surface area contributed by atoms with Crippen LogP contribution in [-0.2, 0) is 42.9 Å². The van der Waals surface area contributed by atoms with Crippen molar-refractivity contribution in [1.82, 2.24) is 26.2 Å². The van der Waals surface area contributed by atoms with Crippen molar-refractivity contribution >= 4 is 48.6 Å². The van der Waals surface area contributed by atoms with Gasteiger partial charge >= 0.3 is 19.1 Å². The lowest BCUT2D eigenvalue weighted by Gasteiger charge is -2.64. The van der Waals surface area contributed by atoms with Gasteiger partial charge in [-0.25, -0.2) is 0 Å². The number of carboxylic acids is 2. The van der Waals surface area contributed by atoms with Gasteiger partial charge in [-0.3, -0.25) is 33.6 Å². The van der Waals surface area contributed by atoms with E-state index in [2.05, 4.69) is 42.0 Å². The second kappa shape index (κ2) is 18.4. The molecule has 324 valence electrons. The Labute approximate surface area is 345 Å². The van der Waals surface area contributed by atoms with E-state index in [1.165, 1.54) is 4.90 Å². The lowest BCUT2D eigenvalue weighted by Crippen LogP contribution is -2.65. The maximum atomic E-state index is 14.3. The van der Waals surface area contributed by atoms with Crippen LogP contribution in [0.25, 0.3) is 0 Å². The van der Waals surface area contributed by atoms with Gasteiger partial charge < -0.3 is 51.4 Å². The van der Waals surface area contributed by atoms with Crippen LogP contribution in [-0.4, -0.2) is 112 Å². The third-order valence-corrected chi connectivity index (χ3v) is 13.0. The SMILES string of the molecule is CC(C)[C@H](NC(=O)[C@H](CCC(=O)O)NC(=O)[C@@H](N)CC(=O)O)C(=O)N[C@H](C(=O)N1CCC[C@@H]1C(=O)N[C@H](B1O[C@@H]2C[C@@H]3C[C@@H](C3(C)C)[C@]2(C)O1)c1ccccc1)C(C)C. The Hall–Kier alpha value is -4.55. The predicted octanol–water partition coefficient (Wildman–Crippen LogP) is 1.54. The summed E-state index contributed by atoms with van der Waals surface area (Å²) in [6.07, 6.45) is 1.18. The quantitative estimate of drug-likeness (QED) is 0.104. The third-order valence-electron chi connectivity index (χ3n) is 13.0. The average molecular weight is 825 g/mol. The van der Waals surface area contributed by atoms with Crippen molar-refractivity contribution in [2.24, 2.45) is 34.8 Å². The molecular weight excluding hydrogens is 763 g/mol. The van der Waals surface area contributed by atoms with Crippen molar-refractivity contribution in [2.45, 2.75) is 141 Å². The molecule has 18 heteroatoms. The van der Waals surface area contributed by atoms with E-state index >= 15 is 0 Å². The molecule has 6 rings (SSSR count). The zero-order valence-corrected chi connectivity index (χ0v) is 35.1. The van der Waals surface area contributed by atoms with Crippen molar-refractivity contribution in [3.05, 3.63) is 35.9 Å². The van der Waals surface area contributed by atoms with E-state index in [-0.39, 0.29) is 30.4 Å². The van der Waals surface area contributed by atoms with Gasteiger partial charge in [-0.2, -0.15) is 0 Å². The molecule has 0 radical (unpaired) electrons. The number of rotatable bonds is 18. The number of amides is 5. The Bertz CT molecular complexity index is 1760. The van der Waals surface area contributed by atoms with Crippen LogP contribution < -0.4 is 27.0 Å². The molecule has 0 spiro atoms. The number of benzene rings is 1. The Morgan fingerprint density at radius 1 is 0.864 bits per heavy atom. The minimum Gasteiger partial charge on any atom is -0.481 e. The minimum atomic E-state index is -1.51. The largest absolute Gasteiger partial charge is 0.486 e. The standard InChI is InChI=1S/C41H61BN6O11/c1-21(2)32(45-36(54)26(15-16-30(49)50)44-35(53)25(43)20-31(51)52)38(56)46-33(22(3)4)39(57)48-17-11-14-27(48)37(55)47-34(23-12-9-8-10-13-23)42-58-29-19-24-18-28(40(24,5)6)41(29,7)59-42/h8-10,12-13,21-22,24-29,32-34H,11,14-20,43H2,1-7H3,(H,44,53)(H,45,54)(H,46,56)(H,47,55)(H,49,50)(H,51,52)/t24-,25-,26-,27+,28-,29+,32-,33-,34-,41-/m0/s1. The van der Waals surface area contributed by atoms with E-state index in [0.717, 1.165) is 18.4 Å². The smallest absolute Gasteiger partial charge is 0.481 e. The molecule has 2 bridgehead atoms. The van der Waals surface area contributed by atoms with Gasteiger partial charge in [0.15, 0.2) is 0 Å². The van der Waals surface area contributed by atoms with E-state index in [1.54, 1.807) is 27.7 Å². The Morgan fingerprint density at radius 2 is 1.51 bits per heavy atom. The molecule has 1 aromatic carbocycles. The monoisotopic (exact) mass is 824 g/mol. The van der Waals surface area contributed by atoms with E-state index in [0.29, 0.717) is 24.7 Å². The Morgan fingerprint density at radius 3 is 2.10 bits per heavy atom. The van der Waals surface area contributed by atoms with E-state index in [1.807, 2.05) is 30.3 Å². The zero-order chi connectivity index (χ0) is 43.6. The lowest BCUT2D eigenvalue weighted by molar-refractivity contribution is -0.199. The van der Waals surface area contributed by atoms with Crippen LogP contribution in [0.1, 0.15) is 105 Å². The van der Waals surface area contributed by atoms with Crippen molar-refractivity contribution < 1.29 is 53.1 Å². The van der Waals surface area contributed by atoms with Gasteiger partial charge in [0, 0.05) is 13.0 Å². The highest BCUT2D eigenvalue weighted by Gasteiger charge is 2.68. The first-order chi connectivity index (χ1) is 27.6. The fourth-order valence-corrected chi connectivity index (χ4v) is 9.38. The molecule has 1 aromatic rings. The van der Waals surface area contributed by atoms with Gasteiger partial charge in [-0.15, -0.1) is 0 Å². The maximum Gasteiger partial charge on any atom is 0.486 e. The molecular formula is C41H61BN6O11. The Kier molecular flexibility index (Phi) is 14.2. The van der Waals surface area contributed by atoms with Gasteiger partial charge in [0.1, 0.15) is 24.2 Å². The van der Waals surface area contributed by atoms with Gasteiger partial charge in [0.05, 0.1) is 30.1 Å². The third kappa shape index (κ3) is 9.92. The number of carbonyl (C=O) groups excluding carboxylic acids is 5. The molecule has 8 N–H and O–H groups in total. The van der Waals surface area contributed by atoms with Crippen LogP contribution in [0.5, 0.6) is 0 Å². The minimum absolute atomic E-state index is 0.108. The molecule has 0 unspecified atom stereocenters. The molecule has 5 amide bonds. The topological polar surface area (TPSA) is 256 Å². The number of likely N-dealkylation sites (tertiary alicyclic amines) is 1. The van der Waals surface area contributed by atoms with Crippen LogP contribution in [0.4, 0.5) is 0 Å². The first-order valence-electron chi connectivity index (χ1n) is 20.7. The zero-order valence-electron chi connectivity index (χ0n) is 35.1. The fraction of sp³-hybridized carbons (Fsp3) is 0.683. The van der Waals surface area contributed by atoms with Crippen molar-refractivity contribution in [3.63, 3.8) is 0 Å². The lowest BCUT2D eigenvalue weighted by atomic mass is 9.43. The molecule has 2 aliphatic heterocycles. The van der Waals surface area contributed by atoms with Gasteiger partial charge in [0.2, 0.25) is 29.5 Å². The summed E-state index contributed by atoms with van der Waals surface area (Å²) in [6.45, 7) is 13.8. The molecule has 2 heterocycles. The number of nitrogens with two attached hydrogens (primary N) is 1. The number of nitrogens with one attached hydrogen (secondary N) is 4. The first-order valence-corrected chi connectivity index (χ1v) is 20.7. The molecule has 5 fully saturated rings. The number of aliphatic carboxylic acids is 2. The fourth-order valence-electron chi connectivity index (χ4n) is 9.38. The summed E-state index contributed by atoms with van der Waals surface area (Å²) in [6, 6.07) is 3.36. The highest BCUT2D eigenvalue weighted by Crippen LogP contribution is 2.66. The normalized spacial score (nSPS) is 26.7. The van der Waals surface area contributed by atoms with Crippen molar-refractivity contribution in [2.75, 3.05) is 6.54 Å². The second-order valence-electron chi connectivity index (χ2n) is 18.1. The first kappa shape index (κ1) is 45.5. The van der Waals surface area contributed by atoms with Gasteiger partial charge in [0.25, 0.3) is 0 Å². The highest BCUT2D eigenvalue weighted by atomic mass is 16.7. The van der Waals surface area contributed by atoms with Crippen LogP contribution in [0.3, 0.4) is 0 Å². The summed E-state index contributed by atoms with van der Waals surface area (Å²) in [7, 11) is -0.749. The Balaban J connectivity index is 1.28. The van der Waals surface area contributed by atoms with Crippen LogP contribution in [0.2, 0.25) is 0 Å². The average Bonchev–Trinajstić information content (AvgIpc) is 3.80. The number of carboxylic acid groups (broad SMARTS) is 2. The van der Waals surface area contributed by atoms with Crippen molar-refractivity contribution in [3.8, 4) is 0 Å². The summed E-state index contributed by atoms with van der Waals surface area (Å²) < 4.78 is 13.4. The molecule has 0 aromatic heterocycles. The van der Waals surface area contributed by atoms with Gasteiger partial charge in [-0.1, -0.05) is 71.9 Å². The van der Waals surface area contributed by atoms with Crippen LogP contribution >= 0.6 is 0 Å².